The van der Waals surface area contributed by atoms with E-state index < -0.39 is 17.8 Å². The molecule has 0 radical (unpaired) electrons. The highest BCUT2D eigenvalue weighted by molar-refractivity contribution is 7.99. The highest BCUT2D eigenvalue weighted by Gasteiger charge is 2.34. The van der Waals surface area contributed by atoms with E-state index in [4.69, 9.17) is 27.6 Å². The van der Waals surface area contributed by atoms with Crippen LogP contribution in [0.15, 0.2) is 52.2 Å². The first-order valence-electron chi connectivity index (χ1n) is 7.59. The minimum Gasteiger partial charge on any atom is -0.463 e. The van der Waals surface area contributed by atoms with E-state index in [0.29, 0.717) is 15.7 Å². The Morgan fingerprint density at radius 3 is 2.46 bits per heavy atom. The molecule has 1 aromatic carbocycles. The molecule has 146 valence electrons. The van der Waals surface area contributed by atoms with Crippen LogP contribution in [0.1, 0.15) is 5.69 Å². The number of nitrogens with one attached hydrogen (secondary N) is 1. The minimum atomic E-state index is -4.67. The Morgan fingerprint density at radius 1 is 1.14 bits per heavy atom. The van der Waals surface area contributed by atoms with Crippen molar-refractivity contribution in [1.29, 1.82) is 0 Å². The number of rotatable bonds is 5. The van der Waals surface area contributed by atoms with E-state index in [-0.39, 0.29) is 22.4 Å². The van der Waals surface area contributed by atoms with E-state index in [1.807, 2.05) is 0 Å². The van der Waals surface area contributed by atoms with Crippen LogP contribution in [-0.2, 0) is 11.0 Å². The first kappa shape index (κ1) is 20.5. The van der Waals surface area contributed by atoms with Gasteiger partial charge in [-0.3, -0.25) is 4.79 Å². The number of hydrogen-bond donors (Lipinski definition) is 1. The predicted molar refractivity (Wildman–Crippen MR) is 101 cm³/mol. The number of halogens is 5. The van der Waals surface area contributed by atoms with E-state index in [1.165, 1.54) is 36.6 Å². The molecule has 1 N–H and O–H groups in total. The number of thioether (sulfide) groups is 1. The molecule has 28 heavy (non-hydrogen) atoms. The van der Waals surface area contributed by atoms with Crippen LogP contribution in [-0.4, -0.2) is 21.6 Å². The fourth-order valence-electron chi connectivity index (χ4n) is 2.14. The van der Waals surface area contributed by atoms with Crippen LogP contribution >= 0.6 is 35.0 Å². The molecule has 0 saturated heterocycles. The van der Waals surface area contributed by atoms with Crippen molar-refractivity contribution in [3.8, 4) is 11.5 Å². The summed E-state index contributed by atoms with van der Waals surface area (Å²) in [6.07, 6.45) is -3.35. The number of carbonyl (C=O) groups is 1. The zero-order valence-electron chi connectivity index (χ0n) is 13.8. The summed E-state index contributed by atoms with van der Waals surface area (Å²) >= 11 is 12.5. The number of anilines is 1. The van der Waals surface area contributed by atoms with E-state index >= 15 is 0 Å². The molecule has 5 nitrogen and oxygen atoms in total. The average molecular weight is 448 g/mol. The van der Waals surface area contributed by atoms with E-state index in [0.717, 1.165) is 17.8 Å². The van der Waals surface area contributed by atoms with Crippen molar-refractivity contribution < 1.29 is 22.4 Å². The SMILES string of the molecule is O=C(CSc1nc(-c2ccco2)cc(C(F)(F)F)n1)Nc1cc(Cl)cc(Cl)c1. The van der Waals surface area contributed by atoms with Gasteiger partial charge in [-0.2, -0.15) is 13.2 Å². The number of benzene rings is 1. The van der Waals surface area contributed by atoms with Crippen LogP contribution in [0.25, 0.3) is 11.5 Å². The molecular weight excluding hydrogens is 438 g/mol. The first-order chi connectivity index (χ1) is 13.2. The number of hydrogen-bond acceptors (Lipinski definition) is 5. The molecule has 2 heterocycles. The van der Waals surface area contributed by atoms with Crippen molar-refractivity contribution in [2.45, 2.75) is 11.3 Å². The van der Waals surface area contributed by atoms with Gasteiger partial charge in [-0.15, -0.1) is 0 Å². The summed E-state index contributed by atoms with van der Waals surface area (Å²) in [6, 6.07) is 8.28. The summed E-state index contributed by atoms with van der Waals surface area (Å²) in [5.41, 5.74) is -0.792. The quantitative estimate of drug-likeness (QED) is 0.395. The molecule has 11 heteroatoms. The predicted octanol–water partition coefficient (Wildman–Crippen LogP) is 5.79. The van der Waals surface area contributed by atoms with Gasteiger partial charge >= 0.3 is 6.18 Å². The lowest BCUT2D eigenvalue weighted by Gasteiger charge is -2.10. The van der Waals surface area contributed by atoms with Gasteiger partial charge in [0.1, 0.15) is 11.4 Å². The minimum absolute atomic E-state index is 0.0307. The molecule has 0 aliphatic heterocycles. The lowest BCUT2D eigenvalue weighted by molar-refractivity contribution is -0.141. The third-order valence-corrected chi connectivity index (χ3v) is 4.53. The molecule has 0 spiro atoms. The smallest absolute Gasteiger partial charge is 0.433 e. The number of amides is 1. The van der Waals surface area contributed by atoms with E-state index in [2.05, 4.69) is 15.3 Å². The second-order valence-corrected chi connectivity index (χ2v) is 7.21. The second kappa shape index (κ2) is 8.42. The first-order valence-corrected chi connectivity index (χ1v) is 9.34. The van der Waals surface area contributed by atoms with Gasteiger partial charge in [-0.05, 0) is 36.4 Å². The summed E-state index contributed by atoms with van der Waals surface area (Å²) in [7, 11) is 0. The van der Waals surface area contributed by atoms with Gasteiger partial charge in [0.25, 0.3) is 0 Å². The van der Waals surface area contributed by atoms with Crippen LogP contribution < -0.4 is 5.32 Å². The van der Waals surface area contributed by atoms with Gasteiger partial charge in [0.15, 0.2) is 10.9 Å². The standard InChI is InChI=1S/C17H10Cl2F3N3O2S/c18-9-4-10(19)6-11(5-9)23-15(26)8-28-16-24-12(13-2-1-3-27-13)7-14(25-16)17(20,21)22/h1-7H,8H2,(H,23,26). The topological polar surface area (TPSA) is 68.0 Å². The molecule has 0 atom stereocenters. The molecule has 0 bridgehead atoms. The summed E-state index contributed by atoms with van der Waals surface area (Å²) in [6.45, 7) is 0. The number of furan rings is 1. The highest BCUT2D eigenvalue weighted by atomic mass is 35.5. The van der Waals surface area contributed by atoms with E-state index in [1.54, 1.807) is 0 Å². The Kier molecular flexibility index (Phi) is 6.17. The van der Waals surface area contributed by atoms with Crippen molar-refractivity contribution in [1.82, 2.24) is 9.97 Å². The van der Waals surface area contributed by atoms with Crippen molar-refractivity contribution in [2.75, 3.05) is 11.1 Å². The fraction of sp³-hybridized carbons (Fsp3) is 0.118. The fourth-order valence-corrected chi connectivity index (χ4v) is 3.32. The molecule has 0 saturated carbocycles. The van der Waals surface area contributed by atoms with Crippen LogP contribution in [0, 0.1) is 0 Å². The molecule has 0 aliphatic carbocycles. The third kappa shape index (κ3) is 5.40. The maximum Gasteiger partial charge on any atom is 0.433 e. The van der Waals surface area contributed by atoms with Crippen molar-refractivity contribution >= 4 is 46.6 Å². The number of nitrogens with zero attached hydrogens (tertiary/aromatic N) is 2. The second-order valence-electron chi connectivity index (χ2n) is 5.39. The van der Waals surface area contributed by atoms with Gasteiger partial charge in [-0.1, -0.05) is 35.0 Å². The molecule has 2 aromatic heterocycles. The lowest BCUT2D eigenvalue weighted by Crippen LogP contribution is -2.15. The Hall–Kier alpha value is -2.23. The largest absolute Gasteiger partial charge is 0.463 e. The Bertz CT molecular complexity index is 978. The van der Waals surface area contributed by atoms with Crippen molar-refractivity contribution in [2.24, 2.45) is 0 Å². The third-order valence-electron chi connectivity index (χ3n) is 3.25. The number of alkyl halides is 3. The maximum absolute atomic E-state index is 13.1. The zero-order valence-corrected chi connectivity index (χ0v) is 16.1. The van der Waals surface area contributed by atoms with Gasteiger partial charge < -0.3 is 9.73 Å². The Morgan fingerprint density at radius 2 is 1.86 bits per heavy atom. The van der Waals surface area contributed by atoms with E-state index in [9.17, 15) is 18.0 Å². The number of aromatic nitrogens is 2. The highest BCUT2D eigenvalue weighted by Crippen LogP contribution is 2.32. The van der Waals surface area contributed by atoms with Crippen molar-refractivity contribution in [3.05, 3.63) is 58.4 Å². The van der Waals surface area contributed by atoms with Gasteiger partial charge in [0.05, 0.1) is 12.0 Å². The molecular formula is C17H10Cl2F3N3O2S. The molecule has 0 fully saturated rings. The molecule has 1 amide bonds. The molecule has 0 unspecified atom stereocenters. The lowest BCUT2D eigenvalue weighted by atomic mass is 10.2. The molecule has 3 rings (SSSR count). The molecule has 0 aliphatic rings. The normalized spacial score (nSPS) is 11.5. The number of carbonyl (C=O) groups excluding carboxylic acids is 1. The van der Waals surface area contributed by atoms with Crippen LogP contribution in [0.2, 0.25) is 10.0 Å². The maximum atomic E-state index is 13.1. The van der Waals surface area contributed by atoms with Gasteiger partial charge in [0.2, 0.25) is 5.91 Å². The Labute approximate surface area is 171 Å². The van der Waals surface area contributed by atoms with Crippen molar-refractivity contribution in [3.63, 3.8) is 0 Å². The summed E-state index contributed by atoms with van der Waals surface area (Å²) in [5, 5.41) is 3.01. The Balaban J connectivity index is 1.76. The van der Waals surface area contributed by atoms with Gasteiger partial charge in [0, 0.05) is 15.7 Å². The summed E-state index contributed by atoms with van der Waals surface area (Å²) in [4.78, 5) is 19.6. The average Bonchev–Trinajstić information content (AvgIpc) is 3.13. The summed E-state index contributed by atoms with van der Waals surface area (Å²) in [5.74, 6) is -0.542. The monoisotopic (exact) mass is 447 g/mol. The van der Waals surface area contributed by atoms with Gasteiger partial charge in [-0.25, -0.2) is 9.97 Å². The van der Waals surface area contributed by atoms with Crippen LogP contribution in [0.3, 0.4) is 0 Å². The van der Waals surface area contributed by atoms with Crippen LogP contribution in [0.4, 0.5) is 18.9 Å². The molecule has 3 aromatic rings. The zero-order chi connectivity index (χ0) is 20.3. The summed E-state index contributed by atoms with van der Waals surface area (Å²) < 4.78 is 44.4. The van der Waals surface area contributed by atoms with Crippen LogP contribution in [0.5, 0.6) is 0 Å².